The number of rotatable bonds is 5. The summed E-state index contributed by atoms with van der Waals surface area (Å²) < 4.78 is 14.1. The van der Waals surface area contributed by atoms with Crippen LogP contribution in [0.5, 0.6) is 0 Å². The molecule has 0 aliphatic carbocycles. The third kappa shape index (κ3) is 3.97. The van der Waals surface area contributed by atoms with Crippen LogP contribution in [0.4, 0.5) is 0 Å². The van der Waals surface area contributed by atoms with Crippen molar-refractivity contribution >= 4 is 28.8 Å². The first-order valence-electron chi connectivity index (χ1n) is 14.1. The van der Waals surface area contributed by atoms with Gasteiger partial charge < -0.3 is 24.4 Å². The van der Waals surface area contributed by atoms with Crippen molar-refractivity contribution < 1.29 is 29.0 Å². The molecule has 5 heterocycles. The molecule has 11 nitrogen and oxygen atoms in total. The van der Waals surface area contributed by atoms with Crippen LogP contribution in [-0.2, 0) is 30.5 Å². The van der Waals surface area contributed by atoms with Crippen molar-refractivity contribution in [2.45, 2.75) is 69.5 Å². The number of likely N-dealkylation sites (tertiary alicyclic amines) is 1. The zero-order valence-electron chi connectivity index (χ0n) is 22.8. The molecule has 6 rings (SSSR count). The summed E-state index contributed by atoms with van der Waals surface area (Å²) in [5, 5.41) is 18.7. The van der Waals surface area contributed by atoms with Crippen molar-refractivity contribution in [1.29, 1.82) is 0 Å². The lowest BCUT2D eigenvalue weighted by atomic mass is 9.74. The van der Waals surface area contributed by atoms with E-state index in [1.807, 2.05) is 49.4 Å². The second-order valence-electron chi connectivity index (χ2n) is 11.2. The van der Waals surface area contributed by atoms with Gasteiger partial charge in [-0.1, -0.05) is 48.6 Å². The fourth-order valence-electron chi connectivity index (χ4n) is 6.90. The quantitative estimate of drug-likeness (QED) is 0.442. The largest absolute Gasteiger partial charge is 0.465 e. The molecule has 0 bridgehead atoms. The summed E-state index contributed by atoms with van der Waals surface area (Å²) in [7, 11) is 0. The number of hydrogen-bond donors (Lipinski definition) is 1. The predicted octanol–water partition coefficient (Wildman–Crippen LogP) is 1.81. The number of carbonyl (C=O) groups is 3. The van der Waals surface area contributed by atoms with Crippen molar-refractivity contribution in [1.82, 2.24) is 24.8 Å². The third-order valence-corrected chi connectivity index (χ3v) is 8.82. The van der Waals surface area contributed by atoms with Crippen molar-refractivity contribution in [3.63, 3.8) is 0 Å². The number of para-hydroxylation sites is 1. The molecule has 0 saturated carbocycles. The molecular weight excluding hydrogens is 514 g/mol. The second-order valence-corrected chi connectivity index (χ2v) is 11.2. The maximum absolute atomic E-state index is 14.5. The first-order chi connectivity index (χ1) is 19.3. The highest BCUT2D eigenvalue weighted by Gasteiger charge is 2.75. The maximum atomic E-state index is 14.5. The maximum Gasteiger partial charge on any atom is 0.313 e. The minimum Gasteiger partial charge on any atom is -0.465 e. The number of fused-ring (bicyclic) bond motifs is 3. The second kappa shape index (κ2) is 10.1. The molecule has 1 spiro atoms. The summed E-state index contributed by atoms with van der Waals surface area (Å²) in [6.45, 7) is 3.96. The Bertz CT molecular complexity index is 1380. The fraction of sp³-hybridized carbons (Fsp3) is 0.552. The SMILES string of the molecule is CC[C@@H](CO)N1C(=O)[C@@H]2[C@H]3C(=O)OCCCC/C=C\[C@@]3(C)O[C@@]23C=CCN(Cn2nnc4ccccc42)C(=O)C13. The lowest BCUT2D eigenvalue weighted by molar-refractivity contribution is -0.162. The molecule has 2 saturated heterocycles. The number of aliphatic hydroxyl groups is 1. The summed E-state index contributed by atoms with van der Waals surface area (Å²) in [6.07, 6.45) is 10.3. The van der Waals surface area contributed by atoms with Gasteiger partial charge in [0.2, 0.25) is 5.91 Å². The summed E-state index contributed by atoms with van der Waals surface area (Å²) in [6, 6.07) is 5.79. The van der Waals surface area contributed by atoms with Crippen LogP contribution < -0.4 is 0 Å². The molecule has 6 atom stereocenters. The van der Waals surface area contributed by atoms with Gasteiger partial charge in [-0.25, -0.2) is 4.68 Å². The topological polar surface area (TPSA) is 127 Å². The Morgan fingerprint density at radius 2 is 1.93 bits per heavy atom. The number of allylic oxidation sites excluding steroid dienone is 1. The Hall–Kier alpha value is -3.57. The Labute approximate surface area is 232 Å². The molecule has 40 heavy (non-hydrogen) atoms. The van der Waals surface area contributed by atoms with Gasteiger partial charge in [0.1, 0.15) is 29.7 Å². The van der Waals surface area contributed by atoms with Crippen molar-refractivity contribution in [3.8, 4) is 0 Å². The van der Waals surface area contributed by atoms with Gasteiger partial charge in [0.05, 0.1) is 36.3 Å². The molecule has 1 N–H and O–H groups in total. The molecule has 2 aromatic rings. The number of hydrogen-bond acceptors (Lipinski definition) is 8. The first-order valence-corrected chi connectivity index (χ1v) is 14.1. The van der Waals surface area contributed by atoms with Gasteiger partial charge >= 0.3 is 5.97 Å². The molecule has 2 amide bonds. The monoisotopic (exact) mass is 549 g/mol. The van der Waals surface area contributed by atoms with Crippen LogP contribution in [-0.4, -0.2) is 90.7 Å². The van der Waals surface area contributed by atoms with Crippen LogP contribution in [0.1, 0.15) is 39.5 Å². The van der Waals surface area contributed by atoms with E-state index in [-0.39, 0.29) is 38.2 Å². The van der Waals surface area contributed by atoms with E-state index < -0.39 is 41.1 Å². The van der Waals surface area contributed by atoms with E-state index in [9.17, 15) is 19.5 Å². The predicted molar refractivity (Wildman–Crippen MR) is 143 cm³/mol. The average Bonchev–Trinajstić information content (AvgIpc) is 3.51. The minimum absolute atomic E-state index is 0.113. The number of carbonyl (C=O) groups excluding carboxylic acids is 3. The highest BCUT2D eigenvalue weighted by Crippen LogP contribution is 2.57. The van der Waals surface area contributed by atoms with Gasteiger partial charge in [0.15, 0.2) is 0 Å². The van der Waals surface area contributed by atoms with Gasteiger partial charge in [0.25, 0.3) is 5.91 Å². The number of aliphatic hydroxyl groups excluding tert-OH is 1. The smallest absolute Gasteiger partial charge is 0.313 e. The highest BCUT2D eigenvalue weighted by molar-refractivity contribution is 5.99. The van der Waals surface area contributed by atoms with E-state index in [1.54, 1.807) is 22.6 Å². The Morgan fingerprint density at radius 3 is 2.73 bits per heavy atom. The van der Waals surface area contributed by atoms with Crippen LogP contribution in [0, 0.1) is 11.8 Å². The summed E-state index contributed by atoms with van der Waals surface area (Å²) in [5.74, 6) is -3.14. The number of nitrogens with zero attached hydrogens (tertiary/aromatic N) is 5. The average molecular weight is 550 g/mol. The van der Waals surface area contributed by atoms with Gasteiger partial charge in [-0.05, 0) is 44.7 Å². The lowest BCUT2D eigenvalue weighted by Gasteiger charge is -2.40. The number of amides is 2. The normalized spacial score (nSPS) is 33.8. The Kier molecular flexibility index (Phi) is 6.74. The Balaban J connectivity index is 1.45. The van der Waals surface area contributed by atoms with Crippen molar-refractivity contribution in [2.75, 3.05) is 19.8 Å². The molecule has 2 fully saturated rings. The molecule has 1 aromatic carbocycles. The van der Waals surface area contributed by atoms with E-state index >= 15 is 0 Å². The number of benzene rings is 1. The van der Waals surface area contributed by atoms with E-state index in [0.717, 1.165) is 24.8 Å². The van der Waals surface area contributed by atoms with Crippen molar-refractivity contribution in [2.24, 2.45) is 11.8 Å². The van der Waals surface area contributed by atoms with Crippen LogP contribution in [0.15, 0.2) is 48.6 Å². The molecule has 1 aromatic heterocycles. The number of cyclic esters (lactones) is 1. The summed E-state index contributed by atoms with van der Waals surface area (Å²) in [5.41, 5.74) is -1.07. The van der Waals surface area contributed by atoms with E-state index in [1.165, 1.54) is 4.90 Å². The summed E-state index contributed by atoms with van der Waals surface area (Å²) >= 11 is 0. The zero-order valence-corrected chi connectivity index (χ0v) is 22.8. The molecule has 4 aliphatic heterocycles. The van der Waals surface area contributed by atoms with E-state index in [4.69, 9.17) is 9.47 Å². The van der Waals surface area contributed by atoms with E-state index in [2.05, 4.69) is 10.3 Å². The minimum atomic E-state index is -1.41. The van der Waals surface area contributed by atoms with E-state index in [0.29, 0.717) is 11.9 Å². The standard InChI is InChI=1S/C29H35N5O6/c1-3-19(17-35)34-24-26(37)32(18-33-21-12-7-6-11-20(21)30-31-33)15-10-14-29(24)22(25(34)36)23-27(38)39-16-9-5-4-8-13-28(23,2)40-29/h6-8,10-14,19,22-24,35H,3-5,9,15-18H2,1-2H3/b13-8-/t19-,22-,23-,24?,28+,29-/m0/s1. The van der Waals surface area contributed by atoms with Crippen LogP contribution in [0.2, 0.25) is 0 Å². The molecule has 212 valence electrons. The van der Waals surface area contributed by atoms with Gasteiger partial charge in [-0.3, -0.25) is 14.4 Å². The molecule has 11 heteroatoms. The lowest BCUT2D eigenvalue weighted by Crippen LogP contribution is -2.58. The van der Waals surface area contributed by atoms with Gasteiger partial charge in [-0.2, -0.15) is 0 Å². The molecule has 1 unspecified atom stereocenters. The van der Waals surface area contributed by atoms with Crippen LogP contribution >= 0.6 is 0 Å². The molecule has 4 aliphatic rings. The fourth-order valence-corrected chi connectivity index (χ4v) is 6.90. The van der Waals surface area contributed by atoms with Crippen LogP contribution in [0.25, 0.3) is 11.0 Å². The molecule has 0 radical (unpaired) electrons. The number of esters is 1. The number of ether oxygens (including phenoxy) is 2. The van der Waals surface area contributed by atoms with Gasteiger partial charge in [-0.15, -0.1) is 5.10 Å². The highest BCUT2D eigenvalue weighted by atomic mass is 16.6. The number of aromatic nitrogens is 3. The van der Waals surface area contributed by atoms with Crippen LogP contribution in [0.3, 0.4) is 0 Å². The van der Waals surface area contributed by atoms with Gasteiger partial charge in [0, 0.05) is 6.54 Å². The third-order valence-electron chi connectivity index (χ3n) is 8.82. The summed E-state index contributed by atoms with van der Waals surface area (Å²) in [4.78, 5) is 45.5. The zero-order chi connectivity index (χ0) is 28.1. The first kappa shape index (κ1) is 26.6. The molecular formula is C29H35N5O6. The Morgan fingerprint density at radius 1 is 1.10 bits per heavy atom. The van der Waals surface area contributed by atoms with Crippen molar-refractivity contribution in [3.05, 3.63) is 48.6 Å².